The number of ether oxygens (including phenoxy) is 2. The molecule has 158 valence electrons. The van der Waals surface area contributed by atoms with E-state index >= 15 is 0 Å². The zero-order chi connectivity index (χ0) is 21.5. The molecule has 1 aliphatic rings. The van der Waals surface area contributed by atoms with Crippen LogP contribution in [0.2, 0.25) is 0 Å². The summed E-state index contributed by atoms with van der Waals surface area (Å²) in [6, 6.07) is 10.0. The number of carbonyl (C=O) groups excluding carboxylic acids is 1. The predicted octanol–water partition coefficient (Wildman–Crippen LogP) is 3.56. The first-order chi connectivity index (χ1) is 14.5. The Balaban J connectivity index is 1.51. The van der Waals surface area contributed by atoms with E-state index in [-0.39, 0.29) is 17.7 Å². The zero-order valence-electron chi connectivity index (χ0n) is 17.0. The van der Waals surface area contributed by atoms with Crippen molar-refractivity contribution >= 4 is 23.4 Å². The van der Waals surface area contributed by atoms with Crippen LogP contribution >= 0.6 is 0 Å². The molecular weight excluding hydrogens is 386 g/mol. The van der Waals surface area contributed by atoms with E-state index in [9.17, 15) is 14.9 Å². The Morgan fingerprint density at radius 1 is 1.30 bits per heavy atom. The minimum atomic E-state index is -0.443. The molecule has 0 saturated carbocycles. The lowest BCUT2D eigenvalue weighted by atomic mass is 10.1. The van der Waals surface area contributed by atoms with Gasteiger partial charge in [0.25, 0.3) is 5.69 Å². The van der Waals surface area contributed by atoms with Gasteiger partial charge in [0.05, 0.1) is 11.5 Å². The molecule has 1 aliphatic heterocycles. The number of carbonyl (C=O) groups is 1. The molecule has 0 saturated heterocycles. The quantitative estimate of drug-likeness (QED) is 0.283. The van der Waals surface area contributed by atoms with Crippen molar-refractivity contribution in [1.29, 1.82) is 0 Å². The Bertz CT molecular complexity index is 941. The molecule has 8 nitrogen and oxygen atoms in total. The second-order valence-electron chi connectivity index (χ2n) is 6.92. The van der Waals surface area contributed by atoms with Crippen LogP contribution in [0.3, 0.4) is 0 Å². The molecule has 1 atom stereocenters. The number of hydrogen-bond acceptors (Lipinski definition) is 6. The van der Waals surface area contributed by atoms with E-state index in [0.717, 1.165) is 34.7 Å². The number of non-ortho nitro benzene ring substituents is 1. The largest absolute Gasteiger partial charge is 0.493 e. The van der Waals surface area contributed by atoms with Gasteiger partial charge in [-0.3, -0.25) is 14.9 Å². The topological polar surface area (TPSA) is 103 Å². The Hall–Kier alpha value is -3.55. The first kappa shape index (κ1) is 21.2. The highest BCUT2D eigenvalue weighted by Crippen LogP contribution is 2.35. The molecule has 3 rings (SSSR count). The van der Waals surface area contributed by atoms with Crippen molar-refractivity contribution in [3.63, 3.8) is 0 Å². The Kier molecular flexibility index (Phi) is 6.90. The minimum absolute atomic E-state index is 0.0387. The van der Waals surface area contributed by atoms with Crippen LogP contribution < -0.4 is 20.1 Å². The second kappa shape index (κ2) is 9.78. The summed E-state index contributed by atoms with van der Waals surface area (Å²) in [7, 11) is 0. The van der Waals surface area contributed by atoms with Crippen molar-refractivity contribution in [2.24, 2.45) is 0 Å². The highest BCUT2D eigenvalue weighted by molar-refractivity contribution is 5.92. The number of fused-ring (bicyclic) bond motifs is 1. The standard InChI is InChI=1S/C22H25N3O5/c1-3-29-20-14-17-12-15(2)30-21(17)13-16(20)4-9-22(26)24-11-10-23-18-5-7-19(8-6-18)25(27)28/h4-9,13-15,23H,3,10-12H2,1-2H3,(H,24,26)/b9-4+/t15-/m0/s1. The lowest BCUT2D eigenvalue weighted by Crippen LogP contribution is -2.27. The molecule has 1 amide bonds. The number of benzene rings is 2. The second-order valence-corrected chi connectivity index (χ2v) is 6.92. The first-order valence-electron chi connectivity index (χ1n) is 9.87. The Morgan fingerprint density at radius 2 is 2.07 bits per heavy atom. The lowest BCUT2D eigenvalue weighted by molar-refractivity contribution is -0.384. The fourth-order valence-electron chi connectivity index (χ4n) is 3.18. The van der Waals surface area contributed by atoms with Crippen molar-refractivity contribution in [3.05, 3.63) is 63.7 Å². The average molecular weight is 411 g/mol. The van der Waals surface area contributed by atoms with Crippen molar-refractivity contribution in [2.75, 3.05) is 25.0 Å². The minimum Gasteiger partial charge on any atom is -0.493 e. The summed E-state index contributed by atoms with van der Waals surface area (Å²) in [5.41, 5.74) is 2.70. The molecular formula is C22H25N3O5. The number of nitrogens with zero attached hydrogens (tertiary/aromatic N) is 1. The van der Waals surface area contributed by atoms with Gasteiger partial charge in [0.1, 0.15) is 17.6 Å². The lowest BCUT2D eigenvalue weighted by Gasteiger charge is -2.10. The molecule has 2 aromatic rings. The van der Waals surface area contributed by atoms with E-state index in [2.05, 4.69) is 10.6 Å². The van der Waals surface area contributed by atoms with Gasteiger partial charge >= 0.3 is 0 Å². The third-order valence-electron chi connectivity index (χ3n) is 4.57. The number of nitro benzene ring substituents is 1. The van der Waals surface area contributed by atoms with E-state index in [4.69, 9.17) is 9.47 Å². The zero-order valence-corrected chi connectivity index (χ0v) is 17.0. The van der Waals surface area contributed by atoms with Crippen LogP contribution in [0.5, 0.6) is 11.5 Å². The molecule has 0 unspecified atom stereocenters. The molecule has 30 heavy (non-hydrogen) atoms. The Morgan fingerprint density at radius 3 is 2.77 bits per heavy atom. The van der Waals surface area contributed by atoms with Crippen LogP contribution in [-0.4, -0.2) is 36.6 Å². The van der Waals surface area contributed by atoms with E-state index in [0.29, 0.717) is 19.7 Å². The summed E-state index contributed by atoms with van der Waals surface area (Å²) >= 11 is 0. The molecule has 0 radical (unpaired) electrons. The summed E-state index contributed by atoms with van der Waals surface area (Å²) in [6.45, 7) is 5.38. The van der Waals surface area contributed by atoms with Gasteiger partial charge in [-0.15, -0.1) is 0 Å². The summed E-state index contributed by atoms with van der Waals surface area (Å²) in [4.78, 5) is 22.3. The van der Waals surface area contributed by atoms with Gasteiger partial charge in [0, 0.05) is 54.5 Å². The molecule has 8 heteroatoms. The van der Waals surface area contributed by atoms with Gasteiger partial charge in [-0.25, -0.2) is 0 Å². The normalized spacial score (nSPS) is 14.8. The number of anilines is 1. The van der Waals surface area contributed by atoms with Gasteiger partial charge in [0.2, 0.25) is 5.91 Å². The van der Waals surface area contributed by atoms with Crippen molar-refractivity contribution in [1.82, 2.24) is 5.32 Å². The van der Waals surface area contributed by atoms with E-state index in [1.54, 1.807) is 18.2 Å². The summed E-state index contributed by atoms with van der Waals surface area (Å²) < 4.78 is 11.5. The van der Waals surface area contributed by atoms with Gasteiger partial charge in [0.15, 0.2) is 0 Å². The average Bonchev–Trinajstić information content (AvgIpc) is 3.08. The highest BCUT2D eigenvalue weighted by Gasteiger charge is 2.21. The molecule has 1 heterocycles. The van der Waals surface area contributed by atoms with Gasteiger partial charge in [-0.1, -0.05) is 0 Å². The third-order valence-corrected chi connectivity index (χ3v) is 4.57. The molecule has 2 aromatic carbocycles. The molecule has 2 N–H and O–H groups in total. The maximum absolute atomic E-state index is 12.1. The maximum atomic E-state index is 12.1. The number of hydrogen-bond donors (Lipinski definition) is 2. The van der Waals surface area contributed by atoms with Crippen molar-refractivity contribution in [3.8, 4) is 11.5 Å². The van der Waals surface area contributed by atoms with Crippen LogP contribution in [-0.2, 0) is 11.2 Å². The Labute approximate surface area is 175 Å². The SMILES string of the molecule is CCOc1cc2c(cc1/C=C/C(=O)NCCNc1ccc([N+](=O)[O-])cc1)O[C@@H](C)C2. The van der Waals surface area contributed by atoms with Crippen LogP contribution in [0.1, 0.15) is 25.0 Å². The first-order valence-corrected chi connectivity index (χ1v) is 9.87. The van der Waals surface area contributed by atoms with Gasteiger partial charge < -0.3 is 20.1 Å². The molecule has 0 aliphatic carbocycles. The van der Waals surface area contributed by atoms with Gasteiger partial charge in [-0.2, -0.15) is 0 Å². The number of nitrogens with one attached hydrogen (secondary N) is 2. The van der Waals surface area contributed by atoms with Crippen LogP contribution in [0.4, 0.5) is 11.4 Å². The smallest absolute Gasteiger partial charge is 0.269 e. The number of nitro groups is 1. The molecule has 0 aromatic heterocycles. The number of rotatable bonds is 9. The molecule has 0 bridgehead atoms. The fourth-order valence-corrected chi connectivity index (χ4v) is 3.18. The predicted molar refractivity (Wildman–Crippen MR) is 115 cm³/mol. The summed E-state index contributed by atoms with van der Waals surface area (Å²) in [5.74, 6) is 1.34. The molecule has 0 spiro atoms. The third kappa shape index (κ3) is 5.50. The van der Waals surface area contributed by atoms with E-state index in [1.807, 2.05) is 26.0 Å². The van der Waals surface area contributed by atoms with Crippen LogP contribution in [0.15, 0.2) is 42.5 Å². The highest BCUT2D eigenvalue weighted by atomic mass is 16.6. The summed E-state index contributed by atoms with van der Waals surface area (Å²) in [5, 5.41) is 16.6. The fraction of sp³-hybridized carbons (Fsp3) is 0.318. The van der Waals surface area contributed by atoms with Crippen LogP contribution in [0, 0.1) is 10.1 Å². The van der Waals surface area contributed by atoms with E-state index < -0.39 is 4.92 Å². The van der Waals surface area contributed by atoms with Crippen molar-refractivity contribution < 1.29 is 19.2 Å². The van der Waals surface area contributed by atoms with Crippen molar-refractivity contribution in [2.45, 2.75) is 26.4 Å². The monoisotopic (exact) mass is 411 g/mol. The molecule has 0 fully saturated rings. The maximum Gasteiger partial charge on any atom is 0.269 e. The van der Waals surface area contributed by atoms with Gasteiger partial charge in [-0.05, 0) is 44.2 Å². The number of amides is 1. The van der Waals surface area contributed by atoms with Crippen LogP contribution in [0.25, 0.3) is 6.08 Å². The van der Waals surface area contributed by atoms with E-state index in [1.165, 1.54) is 18.2 Å². The summed E-state index contributed by atoms with van der Waals surface area (Å²) in [6.07, 6.45) is 4.17.